The molecule has 19 heavy (non-hydrogen) atoms. The van der Waals surface area contributed by atoms with Crippen LogP contribution in [0.15, 0.2) is 24.3 Å². The quantitative estimate of drug-likeness (QED) is 0.822. The summed E-state index contributed by atoms with van der Waals surface area (Å²) in [5, 5.41) is 0. The standard InChI is InChI=1S/C13H17NO4S/c1-11-2-4-12(5-3-11)10-18-13(15)14-6-8-19(16,17)9-7-14/h2-5H,6-10H2,1H3. The van der Waals surface area contributed by atoms with Gasteiger partial charge in [-0.05, 0) is 12.5 Å². The van der Waals surface area contributed by atoms with Crippen molar-refractivity contribution in [3.8, 4) is 0 Å². The van der Waals surface area contributed by atoms with Gasteiger partial charge in [0.15, 0.2) is 9.84 Å². The van der Waals surface area contributed by atoms with E-state index in [1.165, 1.54) is 4.90 Å². The number of amides is 1. The molecule has 0 aliphatic carbocycles. The second kappa shape index (κ2) is 5.61. The van der Waals surface area contributed by atoms with Crippen LogP contribution in [0.2, 0.25) is 0 Å². The van der Waals surface area contributed by atoms with E-state index in [1.807, 2.05) is 31.2 Å². The molecular formula is C13H17NO4S. The zero-order chi connectivity index (χ0) is 13.9. The Hall–Kier alpha value is -1.56. The van der Waals surface area contributed by atoms with Crippen molar-refractivity contribution in [2.24, 2.45) is 0 Å². The monoisotopic (exact) mass is 283 g/mol. The van der Waals surface area contributed by atoms with Crippen LogP contribution in [0.4, 0.5) is 4.79 Å². The van der Waals surface area contributed by atoms with E-state index in [-0.39, 0.29) is 31.2 Å². The SMILES string of the molecule is Cc1ccc(COC(=O)N2CCS(=O)(=O)CC2)cc1. The first kappa shape index (κ1) is 13.9. The molecule has 5 nitrogen and oxygen atoms in total. The van der Waals surface area contributed by atoms with Crippen molar-refractivity contribution in [1.82, 2.24) is 4.90 Å². The van der Waals surface area contributed by atoms with E-state index in [1.54, 1.807) is 0 Å². The molecule has 0 radical (unpaired) electrons. The summed E-state index contributed by atoms with van der Waals surface area (Å²) in [6.07, 6.45) is -0.449. The van der Waals surface area contributed by atoms with Crippen molar-refractivity contribution >= 4 is 15.9 Å². The predicted molar refractivity (Wildman–Crippen MR) is 71.6 cm³/mol. The average Bonchev–Trinajstić information content (AvgIpc) is 2.37. The summed E-state index contributed by atoms with van der Waals surface area (Å²) in [6.45, 7) is 2.64. The molecule has 0 atom stereocenters. The van der Waals surface area contributed by atoms with Gasteiger partial charge < -0.3 is 9.64 Å². The minimum Gasteiger partial charge on any atom is -0.445 e. The van der Waals surface area contributed by atoms with Crippen LogP contribution in [0.25, 0.3) is 0 Å². The zero-order valence-electron chi connectivity index (χ0n) is 10.8. The van der Waals surface area contributed by atoms with Gasteiger partial charge in [-0.15, -0.1) is 0 Å². The van der Waals surface area contributed by atoms with E-state index >= 15 is 0 Å². The molecule has 6 heteroatoms. The van der Waals surface area contributed by atoms with Crippen LogP contribution in [0, 0.1) is 6.92 Å². The van der Waals surface area contributed by atoms with Crippen LogP contribution in [-0.4, -0.2) is 44.0 Å². The highest BCUT2D eigenvalue weighted by Gasteiger charge is 2.25. The fourth-order valence-corrected chi connectivity index (χ4v) is 3.02. The van der Waals surface area contributed by atoms with Gasteiger partial charge in [-0.3, -0.25) is 0 Å². The van der Waals surface area contributed by atoms with Crippen molar-refractivity contribution in [3.63, 3.8) is 0 Å². The van der Waals surface area contributed by atoms with Crippen molar-refractivity contribution in [1.29, 1.82) is 0 Å². The maximum absolute atomic E-state index is 11.8. The smallest absolute Gasteiger partial charge is 0.410 e. The molecule has 1 aromatic rings. The van der Waals surface area contributed by atoms with Gasteiger partial charge in [0.25, 0.3) is 0 Å². The van der Waals surface area contributed by atoms with Gasteiger partial charge >= 0.3 is 6.09 Å². The number of benzene rings is 1. The van der Waals surface area contributed by atoms with Crippen LogP contribution < -0.4 is 0 Å². The topological polar surface area (TPSA) is 63.7 Å². The minimum atomic E-state index is -2.97. The molecule has 0 spiro atoms. The van der Waals surface area contributed by atoms with Gasteiger partial charge in [-0.1, -0.05) is 29.8 Å². The van der Waals surface area contributed by atoms with Crippen molar-refractivity contribution in [2.45, 2.75) is 13.5 Å². The third-order valence-electron chi connectivity index (χ3n) is 3.09. The first-order valence-electron chi connectivity index (χ1n) is 6.14. The van der Waals surface area contributed by atoms with Gasteiger partial charge in [-0.25, -0.2) is 13.2 Å². The van der Waals surface area contributed by atoms with Crippen LogP contribution >= 0.6 is 0 Å². The van der Waals surface area contributed by atoms with E-state index in [4.69, 9.17) is 4.74 Å². The van der Waals surface area contributed by atoms with Crippen molar-refractivity contribution in [3.05, 3.63) is 35.4 Å². The lowest BCUT2D eigenvalue weighted by Crippen LogP contribution is -2.43. The van der Waals surface area contributed by atoms with Crippen molar-refractivity contribution in [2.75, 3.05) is 24.6 Å². The normalized spacial score (nSPS) is 18.1. The second-order valence-corrected chi connectivity index (χ2v) is 6.98. The van der Waals surface area contributed by atoms with Gasteiger partial charge in [0.05, 0.1) is 11.5 Å². The summed E-state index contributed by atoms with van der Waals surface area (Å²) in [4.78, 5) is 13.2. The van der Waals surface area contributed by atoms with Gasteiger partial charge in [-0.2, -0.15) is 0 Å². The van der Waals surface area contributed by atoms with E-state index in [2.05, 4.69) is 0 Å². The Morgan fingerprint density at radius 1 is 1.21 bits per heavy atom. The minimum absolute atomic E-state index is 0.0205. The number of carbonyl (C=O) groups is 1. The van der Waals surface area contributed by atoms with Gasteiger partial charge in [0.1, 0.15) is 6.61 Å². The molecule has 1 fully saturated rings. The van der Waals surface area contributed by atoms with Gasteiger partial charge in [0, 0.05) is 13.1 Å². The highest BCUT2D eigenvalue weighted by molar-refractivity contribution is 7.91. The average molecular weight is 283 g/mol. The first-order chi connectivity index (χ1) is 8.96. The van der Waals surface area contributed by atoms with Crippen LogP contribution in [-0.2, 0) is 21.2 Å². The van der Waals surface area contributed by atoms with Crippen LogP contribution in [0.5, 0.6) is 0 Å². The number of ether oxygens (including phenoxy) is 1. The van der Waals surface area contributed by atoms with E-state index in [0.29, 0.717) is 0 Å². The van der Waals surface area contributed by atoms with E-state index < -0.39 is 15.9 Å². The molecule has 0 N–H and O–H groups in total. The molecule has 0 aromatic heterocycles. The maximum atomic E-state index is 11.8. The Bertz CT molecular complexity index is 537. The summed E-state index contributed by atoms with van der Waals surface area (Å²) >= 11 is 0. The fourth-order valence-electron chi connectivity index (χ4n) is 1.82. The number of sulfone groups is 1. The van der Waals surface area contributed by atoms with Crippen LogP contribution in [0.3, 0.4) is 0 Å². The molecule has 1 saturated heterocycles. The molecule has 0 saturated carbocycles. The highest BCUT2D eigenvalue weighted by atomic mass is 32.2. The third-order valence-corrected chi connectivity index (χ3v) is 4.69. The molecule has 1 aliphatic rings. The summed E-state index contributed by atoms with van der Waals surface area (Å²) in [5.74, 6) is 0.0409. The number of hydrogen-bond donors (Lipinski definition) is 0. The third kappa shape index (κ3) is 3.96. The molecular weight excluding hydrogens is 266 g/mol. The Morgan fingerprint density at radius 3 is 2.37 bits per heavy atom. The second-order valence-electron chi connectivity index (χ2n) is 4.68. The van der Waals surface area contributed by atoms with Gasteiger partial charge in [0.2, 0.25) is 0 Å². The number of hydrogen-bond acceptors (Lipinski definition) is 4. The number of carbonyl (C=O) groups excluding carboxylic acids is 1. The highest BCUT2D eigenvalue weighted by Crippen LogP contribution is 2.08. The molecule has 0 bridgehead atoms. The molecule has 1 amide bonds. The lowest BCUT2D eigenvalue weighted by Gasteiger charge is -2.25. The Kier molecular flexibility index (Phi) is 4.09. The Morgan fingerprint density at radius 2 is 1.79 bits per heavy atom. The number of rotatable bonds is 2. The summed E-state index contributed by atoms with van der Waals surface area (Å²) < 4.78 is 27.7. The fraction of sp³-hybridized carbons (Fsp3) is 0.462. The summed E-state index contributed by atoms with van der Waals surface area (Å²) in [7, 11) is -2.97. The van der Waals surface area contributed by atoms with E-state index in [0.717, 1.165) is 11.1 Å². The predicted octanol–water partition coefficient (Wildman–Crippen LogP) is 1.36. The molecule has 1 aliphatic heterocycles. The summed E-state index contributed by atoms with van der Waals surface area (Å²) in [5.41, 5.74) is 2.07. The largest absolute Gasteiger partial charge is 0.445 e. The Labute approximate surface area is 113 Å². The Balaban J connectivity index is 1.83. The molecule has 0 unspecified atom stereocenters. The first-order valence-corrected chi connectivity index (χ1v) is 7.96. The van der Waals surface area contributed by atoms with Crippen LogP contribution in [0.1, 0.15) is 11.1 Å². The zero-order valence-corrected chi connectivity index (χ0v) is 11.6. The maximum Gasteiger partial charge on any atom is 0.410 e. The van der Waals surface area contributed by atoms with Crippen molar-refractivity contribution < 1.29 is 17.9 Å². The molecule has 2 rings (SSSR count). The number of aryl methyl sites for hydroxylation is 1. The number of nitrogens with zero attached hydrogens (tertiary/aromatic N) is 1. The lowest BCUT2D eigenvalue weighted by molar-refractivity contribution is 0.0992. The molecule has 1 aromatic carbocycles. The molecule has 1 heterocycles. The lowest BCUT2D eigenvalue weighted by atomic mass is 10.2. The summed E-state index contributed by atoms with van der Waals surface area (Å²) in [6, 6.07) is 7.72. The molecule has 104 valence electrons. The van der Waals surface area contributed by atoms with E-state index in [9.17, 15) is 13.2 Å².